The summed E-state index contributed by atoms with van der Waals surface area (Å²) in [6.45, 7) is 5.72. The summed E-state index contributed by atoms with van der Waals surface area (Å²) in [6, 6.07) is 8.36. The van der Waals surface area contributed by atoms with Gasteiger partial charge in [-0.05, 0) is 37.1 Å². The summed E-state index contributed by atoms with van der Waals surface area (Å²) >= 11 is 0. The number of imidazole rings is 1. The van der Waals surface area contributed by atoms with Gasteiger partial charge in [0.05, 0.1) is 31.3 Å². The lowest BCUT2D eigenvalue weighted by atomic mass is 9.90. The second-order valence-electron chi connectivity index (χ2n) is 7.46. The third-order valence-corrected chi connectivity index (χ3v) is 5.61. The van der Waals surface area contributed by atoms with Crippen molar-refractivity contribution in [2.24, 2.45) is 7.05 Å². The van der Waals surface area contributed by atoms with Gasteiger partial charge >= 0.3 is 0 Å². The van der Waals surface area contributed by atoms with Crippen LogP contribution in [0.3, 0.4) is 0 Å². The van der Waals surface area contributed by atoms with Crippen molar-refractivity contribution < 1.29 is 9.47 Å². The van der Waals surface area contributed by atoms with Crippen LogP contribution < -0.4 is 9.64 Å². The molecule has 0 radical (unpaired) electrons. The zero-order valence-electron chi connectivity index (χ0n) is 15.7. The highest BCUT2D eigenvalue weighted by Gasteiger charge is 2.40. The van der Waals surface area contributed by atoms with Crippen LogP contribution in [-0.2, 0) is 18.3 Å². The van der Waals surface area contributed by atoms with Crippen molar-refractivity contribution in [3.05, 3.63) is 42.5 Å². The number of aryl methyl sites for hydroxylation is 1. The molecule has 2 saturated heterocycles. The zero-order chi connectivity index (χ0) is 18.0. The Labute approximate surface area is 155 Å². The van der Waals surface area contributed by atoms with E-state index < -0.39 is 0 Å². The van der Waals surface area contributed by atoms with Gasteiger partial charge in [-0.1, -0.05) is 0 Å². The lowest BCUT2D eigenvalue weighted by molar-refractivity contribution is -0.116. The van der Waals surface area contributed by atoms with E-state index in [9.17, 15) is 0 Å². The van der Waals surface area contributed by atoms with E-state index in [1.54, 1.807) is 7.11 Å². The predicted molar refractivity (Wildman–Crippen MR) is 102 cm³/mol. The molecule has 6 nitrogen and oxygen atoms in total. The molecule has 2 aliphatic heterocycles. The first kappa shape index (κ1) is 17.4. The minimum absolute atomic E-state index is 0.0744. The predicted octanol–water partition coefficient (Wildman–Crippen LogP) is 2.30. The minimum Gasteiger partial charge on any atom is -0.497 e. The maximum Gasteiger partial charge on any atom is 0.119 e. The summed E-state index contributed by atoms with van der Waals surface area (Å²) in [5, 5.41) is 0. The number of morpholine rings is 1. The molecule has 6 heteroatoms. The Morgan fingerprint density at radius 1 is 1.19 bits per heavy atom. The van der Waals surface area contributed by atoms with Crippen LogP contribution in [0.25, 0.3) is 0 Å². The summed E-state index contributed by atoms with van der Waals surface area (Å²) < 4.78 is 13.7. The molecule has 4 rings (SSSR count). The number of anilines is 1. The van der Waals surface area contributed by atoms with Gasteiger partial charge in [0.15, 0.2) is 0 Å². The van der Waals surface area contributed by atoms with Crippen LogP contribution in [0.2, 0.25) is 0 Å². The van der Waals surface area contributed by atoms with Crippen LogP contribution >= 0.6 is 0 Å². The average Bonchev–Trinajstić information content (AvgIpc) is 3.06. The molecule has 26 heavy (non-hydrogen) atoms. The fourth-order valence-electron chi connectivity index (χ4n) is 4.18. The lowest BCUT2D eigenvalue weighted by Crippen LogP contribution is -2.59. The van der Waals surface area contributed by atoms with E-state index >= 15 is 0 Å². The van der Waals surface area contributed by atoms with Crippen LogP contribution in [0.5, 0.6) is 5.75 Å². The van der Waals surface area contributed by atoms with Gasteiger partial charge in [0.2, 0.25) is 0 Å². The van der Waals surface area contributed by atoms with E-state index in [0.717, 1.165) is 57.9 Å². The maximum atomic E-state index is 6.35. The smallest absolute Gasteiger partial charge is 0.119 e. The van der Waals surface area contributed by atoms with Crippen molar-refractivity contribution >= 4 is 5.69 Å². The SMILES string of the molecule is COc1ccc(N2CCC[C@]3(CN(Cc4cncn4C)CCO3)C2)cc1. The number of methoxy groups -OCH3 is 1. The largest absolute Gasteiger partial charge is 0.497 e. The van der Waals surface area contributed by atoms with E-state index in [4.69, 9.17) is 9.47 Å². The average molecular weight is 356 g/mol. The number of piperidine rings is 1. The maximum absolute atomic E-state index is 6.35. The molecule has 0 saturated carbocycles. The third kappa shape index (κ3) is 3.57. The molecule has 2 aliphatic rings. The Hall–Kier alpha value is -2.05. The summed E-state index contributed by atoms with van der Waals surface area (Å²) in [5.41, 5.74) is 2.43. The van der Waals surface area contributed by atoms with Gasteiger partial charge in [-0.2, -0.15) is 0 Å². The Kier molecular flexibility index (Phi) is 4.87. The molecular weight excluding hydrogens is 328 g/mol. The molecule has 0 bridgehead atoms. The molecule has 0 N–H and O–H groups in total. The highest BCUT2D eigenvalue weighted by Crippen LogP contribution is 2.32. The topological polar surface area (TPSA) is 42.8 Å². The highest BCUT2D eigenvalue weighted by atomic mass is 16.5. The quantitative estimate of drug-likeness (QED) is 0.841. The molecule has 0 unspecified atom stereocenters. The van der Waals surface area contributed by atoms with Gasteiger partial charge in [0, 0.05) is 51.7 Å². The number of aromatic nitrogens is 2. The summed E-state index contributed by atoms with van der Waals surface area (Å²) in [7, 11) is 3.77. The van der Waals surface area contributed by atoms with Crippen molar-refractivity contribution in [3.63, 3.8) is 0 Å². The van der Waals surface area contributed by atoms with E-state index in [0.29, 0.717) is 0 Å². The fourth-order valence-corrected chi connectivity index (χ4v) is 4.18. The first-order valence-corrected chi connectivity index (χ1v) is 9.38. The normalized spacial score (nSPS) is 24.2. The molecule has 2 fully saturated rings. The van der Waals surface area contributed by atoms with E-state index in [1.807, 2.05) is 24.7 Å². The van der Waals surface area contributed by atoms with Crippen LogP contribution in [-0.4, -0.2) is 59.9 Å². The number of ether oxygens (including phenoxy) is 2. The van der Waals surface area contributed by atoms with Crippen LogP contribution in [0.4, 0.5) is 5.69 Å². The molecule has 1 atom stereocenters. The Bertz CT molecular complexity index is 726. The van der Waals surface area contributed by atoms with E-state index in [1.165, 1.54) is 11.4 Å². The molecule has 0 amide bonds. The van der Waals surface area contributed by atoms with Crippen molar-refractivity contribution in [1.29, 1.82) is 0 Å². The van der Waals surface area contributed by atoms with Crippen molar-refractivity contribution in [3.8, 4) is 5.75 Å². The number of hydrogen-bond acceptors (Lipinski definition) is 5. The minimum atomic E-state index is -0.0744. The highest BCUT2D eigenvalue weighted by molar-refractivity contribution is 5.50. The van der Waals surface area contributed by atoms with Gasteiger partial charge < -0.3 is 18.9 Å². The van der Waals surface area contributed by atoms with Crippen LogP contribution in [0, 0.1) is 0 Å². The molecule has 2 aromatic rings. The number of rotatable bonds is 4. The molecular formula is C20H28N4O2. The summed E-state index contributed by atoms with van der Waals surface area (Å²) in [6.07, 6.45) is 6.12. The molecule has 1 aromatic heterocycles. The monoisotopic (exact) mass is 356 g/mol. The lowest BCUT2D eigenvalue weighted by Gasteiger charge is -2.48. The second-order valence-corrected chi connectivity index (χ2v) is 7.46. The molecule has 1 aromatic carbocycles. The summed E-state index contributed by atoms with van der Waals surface area (Å²) in [5.74, 6) is 0.900. The van der Waals surface area contributed by atoms with E-state index in [2.05, 4.69) is 38.5 Å². The Morgan fingerprint density at radius 3 is 2.77 bits per heavy atom. The van der Waals surface area contributed by atoms with Gasteiger partial charge in [0.1, 0.15) is 5.75 Å². The first-order valence-electron chi connectivity index (χ1n) is 9.38. The Balaban J connectivity index is 1.45. The van der Waals surface area contributed by atoms with Crippen LogP contribution in [0.1, 0.15) is 18.5 Å². The fraction of sp³-hybridized carbons (Fsp3) is 0.550. The number of nitrogens with zero attached hydrogens (tertiary/aromatic N) is 4. The molecule has 0 aliphatic carbocycles. The molecule has 3 heterocycles. The van der Waals surface area contributed by atoms with Crippen molar-refractivity contribution in [1.82, 2.24) is 14.5 Å². The number of hydrogen-bond donors (Lipinski definition) is 0. The van der Waals surface area contributed by atoms with E-state index in [-0.39, 0.29) is 5.60 Å². The van der Waals surface area contributed by atoms with Gasteiger partial charge in [-0.25, -0.2) is 4.98 Å². The van der Waals surface area contributed by atoms with Gasteiger partial charge in [-0.15, -0.1) is 0 Å². The third-order valence-electron chi connectivity index (χ3n) is 5.61. The molecule has 1 spiro atoms. The van der Waals surface area contributed by atoms with Gasteiger partial charge in [-0.3, -0.25) is 4.90 Å². The van der Waals surface area contributed by atoms with Crippen molar-refractivity contribution in [2.45, 2.75) is 25.0 Å². The number of benzene rings is 1. The Morgan fingerprint density at radius 2 is 2.04 bits per heavy atom. The summed E-state index contributed by atoms with van der Waals surface area (Å²) in [4.78, 5) is 9.21. The van der Waals surface area contributed by atoms with Crippen molar-refractivity contribution in [2.75, 3.05) is 44.8 Å². The first-order chi connectivity index (χ1) is 12.7. The standard InChI is InChI=1S/C20H28N4O2/c1-22-16-21-12-18(22)13-23-10-11-26-20(14-23)8-3-9-24(15-20)17-4-6-19(25-2)7-5-17/h4-7,12,16H,3,8-11,13-15H2,1-2H3/t20-/m0/s1. The molecule has 140 valence electrons. The van der Waals surface area contributed by atoms with Crippen LogP contribution in [0.15, 0.2) is 36.8 Å². The van der Waals surface area contributed by atoms with Gasteiger partial charge in [0.25, 0.3) is 0 Å². The zero-order valence-corrected chi connectivity index (χ0v) is 15.7. The second kappa shape index (κ2) is 7.29.